The number of hydrogen-bond donors (Lipinski definition) is 2. The van der Waals surface area contributed by atoms with Crippen molar-refractivity contribution in [3.63, 3.8) is 0 Å². The van der Waals surface area contributed by atoms with Gasteiger partial charge in [0.2, 0.25) is 0 Å². The zero-order valence-electron chi connectivity index (χ0n) is 20.0. The number of hydrogen-bond acceptors (Lipinski definition) is 5. The Morgan fingerprint density at radius 1 is 1.03 bits per heavy atom. The fraction of sp³-hybridized carbons (Fsp3) is 0.200. The van der Waals surface area contributed by atoms with E-state index < -0.39 is 29.0 Å². The molecule has 2 aromatic carbocycles. The fourth-order valence-electron chi connectivity index (χ4n) is 3.76. The number of halogens is 4. The highest BCUT2D eigenvalue weighted by Crippen LogP contribution is 2.39. The number of carbonyl (C=O) groups excluding carboxylic acids is 3. The van der Waals surface area contributed by atoms with E-state index in [-0.39, 0.29) is 34.7 Å². The summed E-state index contributed by atoms with van der Waals surface area (Å²) in [6, 6.07) is 13.6. The molecule has 38 heavy (non-hydrogen) atoms. The fourth-order valence-corrected chi connectivity index (χ4v) is 4.43. The molecule has 1 aromatic heterocycles. The number of nitrogens with one attached hydrogen (secondary N) is 2. The molecule has 13 heteroatoms. The van der Waals surface area contributed by atoms with Gasteiger partial charge in [0.1, 0.15) is 11.4 Å². The topological polar surface area (TPSA) is 94.6 Å². The second-order valence-electron chi connectivity index (χ2n) is 8.75. The number of carbonyl (C=O) groups is 3. The summed E-state index contributed by atoms with van der Waals surface area (Å²) in [5.74, 6) is -0.298. The van der Waals surface area contributed by atoms with Crippen LogP contribution in [-0.4, -0.2) is 38.9 Å². The highest BCUT2D eigenvalue weighted by atomic mass is 35.5. The Morgan fingerprint density at radius 2 is 1.68 bits per heavy atom. The Hall–Kier alpha value is -3.77. The average molecular weight is 564 g/mol. The largest absolute Gasteiger partial charge is 0.446 e. The van der Waals surface area contributed by atoms with Crippen LogP contribution in [0.15, 0.2) is 71.8 Å². The van der Waals surface area contributed by atoms with E-state index in [0.717, 1.165) is 4.90 Å². The summed E-state index contributed by atoms with van der Waals surface area (Å²) in [6.45, 7) is 3.19. The van der Waals surface area contributed by atoms with Crippen molar-refractivity contribution >= 4 is 58.5 Å². The lowest BCUT2D eigenvalue weighted by atomic mass is 10.0. The van der Waals surface area contributed by atoms with Gasteiger partial charge in [-0.3, -0.25) is 10.1 Å². The van der Waals surface area contributed by atoms with Crippen molar-refractivity contribution in [2.45, 2.75) is 36.3 Å². The molecule has 2 N–H and O–H groups in total. The molecule has 0 unspecified atom stereocenters. The SMILES string of the molecule is CC1(C)C(=O)N(c2ccc(SC(F)(F)F)cc2)C(=O)N1Cc1ccnc(NC(=O)Nc2ccc(Cl)cc2)c1. The molecule has 2 heterocycles. The van der Waals surface area contributed by atoms with Crippen molar-refractivity contribution < 1.29 is 27.6 Å². The van der Waals surface area contributed by atoms with Crippen LogP contribution in [-0.2, 0) is 11.3 Å². The van der Waals surface area contributed by atoms with E-state index >= 15 is 0 Å². The number of amides is 5. The first-order valence-electron chi connectivity index (χ1n) is 11.1. The van der Waals surface area contributed by atoms with Crippen molar-refractivity contribution in [2.24, 2.45) is 0 Å². The molecule has 0 saturated carbocycles. The molecule has 1 aliphatic rings. The van der Waals surface area contributed by atoms with Gasteiger partial charge in [-0.1, -0.05) is 11.6 Å². The summed E-state index contributed by atoms with van der Waals surface area (Å²) >= 11 is 5.56. The summed E-state index contributed by atoms with van der Waals surface area (Å²) in [7, 11) is 0. The number of rotatable bonds is 6. The van der Waals surface area contributed by atoms with Gasteiger partial charge in [0.25, 0.3) is 5.91 Å². The highest BCUT2D eigenvalue weighted by Gasteiger charge is 2.51. The normalized spacial score (nSPS) is 15.1. The number of alkyl halides is 3. The number of imide groups is 1. The summed E-state index contributed by atoms with van der Waals surface area (Å²) in [5, 5.41) is 5.79. The summed E-state index contributed by atoms with van der Waals surface area (Å²) in [5.41, 5.74) is -4.41. The molecule has 198 valence electrons. The molecule has 1 saturated heterocycles. The highest BCUT2D eigenvalue weighted by molar-refractivity contribution is 8.00. The predicted octanol–water partition coefficient (Wildman–Crippen LogP) is 6.74. The summed E-state index contributed by atoms with van der Waals surface area (Å²) in [4.78, 5) is 45.1. The minimum atomic E-state index is -4.45. The second kappa shape index (κ2) is 10.5. The maximum absolute atomic E-state index is 13.3. The second-order valence-corrected chi connectivity index (χ2v) is 10.3. The van der Waals surface area contributed by atoms with E-state index in [0.29, 0.717) is 16.3 Å². The maximum atomic E-state index is 13.3. The van der Waals surface area contributed by atoms with E-state index in [9.17, 15) is 27.6 Å². The maximum Gasteiger partial charge on any atom is 0.446 e. The van der Waals surface area contributed by atoms with Gasteiger partial charge in [-0.15, -0.1) is 0 Å². The van der Waals surface area contributed by atoms with Gasteiger partial charge >= 0.3 is 17.6 Å². The lowest BCUT2D eigenvalue weighted by Crippen LogP contribution is -2.43. The first kappa shape index (κ1) is 27.3. The monoisotopic (exact) mass is 563 g/mol. The third-order valence-corrected chi connectivity index (χ3v) is 6.65. The predicted molar refractivity (Wildman–Crippen MR) is 139 cm³/mol. The standard InChI is InChI=1S/C25H21ClF3N5O3S/c1-24(2)21(35)34(18-7-9-19(10-8-18)38-25(27,28)29)23(37)33(24)14-15-11-12-30-20(13-15)32-22(36)31-17-5-3-16(26)4-6-17/h3-13H,14H2,1-2H3,(H2,30,31,32,36). The van der Waals surface area contributed by atoms with Crippen LogP contribution < -0.4 is 15.5 Å². The van der Waals surface area contributed by atoms with Gasteiger partial charge in [0.15, 0.2) is 0 Å². The van der Waals surface area contributed by atoms with E-state index in [1.807, 2.05) is 0 Å². The molecule has 0 spiro atoms. The first-order chi connectivity index (χ1) is 17.8. The van der Waals surface area contributed by atoms with Crippen LogP contribution in [0.1, 0.15) is 19.4 Å². The van der Waals surface area contributed by atoms with Crippen LogP contribution in [0.2, 0.25) is 5.02 Å². The van der Waals surface area contributed by atoms with E-state index in [4.69, 9.17) is 11.6 Å². The molecule has 1 fully saturated rings. The summed E-state index contributed by atoms with van der Waals surface area (Å²) in [6.07, 6.45) is 1.46. The Labute approximate surface area is 225 Å². The number of urea groups is 2. The Balaban J connectivity index is 1.47. The van der Waals surface area contributed by atoms with Gasteiger partial charge in [-0.05, 0) is 91.8 Å². The van der Waals surface area contributed by atoms with Crippen LogP contribution >= 0.6 is 23.4 Å². The Morgan fingerprint density at radius 3 is 2.32 bits per heavy atom. The van der Waals surface area contributed by atoms with Crippen molar-refractivity contribution in [2.75, 3.05) is 15.5 Å². The van der Waals surface area contributed by atoms with Crippen molar-refractivity contribution in [3.8, 4) is 0 Å². The lowest BCUT2D eigenvalue weighted by molar-refractivity contribution is -0.123. The molecule has 5 amide bonds. The van der Waals surface area contributed by atoms with Gasteiger partial charge in [-0.2, -0.15) is 13.2 Å². The number of anilines is 3. The van der Waals surface area contributed by atoms with Crippen LogP contribution in [0.4, 0.5) is 40.0 Å². The smallest absolute Gasteiger partial charge is 0.308 e. The van der Waals surface area contributed by atoms with Crippen molar-refractivity contribution in [3.05, 3.63) is 77.4 Å². The molecule has 0 aliphatic carbocycles. The third-order valence-electron chi connectivity index (χ3n) is 5.66. The number of pyridine rings is 1. The third kappa shape index (κ3) is 6.20. The molecular weight excluding hydrogens is 543 g/mol. The molecule has 4 rings (SSSR count). The number of nitrogens with zero attached hydrogens (tertiary/aromatic N) is 3. The van der Waals surface area contributed by atoms with Crippen LogP contribution in [0.5, 0.6) is 0 Å². The number of thioether (sulfide) groups is 1. The molecule has 3 aromatic rings. The Kier molecular flexibility index (Phi) is 7.56. The quantitative estimate of drug-likeness (QED) is 0.256. The van der Waals surface area contributed by atoms with Gasteiger partial charge in [0.05, 0.1) is 5.69 Å². The van der Waals surface area contributed by atoms with Crippen LogP contribution in [0, 0.1) is 0 Å². The lowest BCUT2D eigenvalue weighted by Gasteiger charge is -2.27. The minimum Gasteiger partial charge on any atom is -0.308 e. The van der Waals surface area contributed by atoms with Crippen LogP contribution in [0.3, 0.4) is 0 Å². The average Bonchev–Trinajstić information content (AvgIpc) is 3.00. The molecular formula is C25H21ClF3N5O3S. The molecule has 0 radical (unpaired) electrons. The van der Waals surface area contributed by atoms with Crippen molar-refractivity contribution in [1.29, 1.82) is 0 Å². The molecule has 0 bridgehead atoms. The zero-order valence-corrected chi connectivity index (χ0v) is 21.6. The van der Waals surface area contributed by atoms with Gasteiger partial charge < -0.3 is 10.2 Å². The van der Waals surface area contributed by atoms with E-state index in [2.05, 4.69) is 15.6 Å². The Bertz CT molecular complexity index is 1370. The molecule has 0 atom stereocenters. The number of aromatic nitrogens is 1. The van der Waals surface area contributed by atoms with Gasteiger partial charge in [-0.25, -0.2) is 19.5 Å². The number of benzene rings is 2. The summed E-state index contributed by atoms with van der Waals surface area (Å²) < 4.78 is 37.9. The van der Waals surface area contributed by atoms with Crippen molar-refractivity contribution in [1.82, 2.24) is 9.88 Å². The van der Waals surface area contributed by atoms with Crippen LogP contribution in [0.25, 0.3) is 0 Å². The minimum absolute atomic E-state index is 0.0199. The molecule has 8 nitrogen and oxygen atoms in total. The van der Waals surface area contributed by atoms with Gasteiger partial charge in [0, 0.05) is 28.3 Å². The van der Waals surface area contributed by atoms with E-state index in [1.165, 1.54) is 35.4 Å². The van der Waals surface area contributed by atoms with E-state index in [1.54, 1.807) is 50.2 Å². The first-order valence-corrected chi connectivity index (χ1v) is 12.3. The zero-order chi connectivity index (χ0) is 27.7. The molecule has 1 aliphatic heterocycles.